The van der Waals surface area contributed by atoms with Crippen LogP contribution in [0.25, 0.3) is 0 Å². The maximum Gasteiger partial charge on any atom is 0.193 e. The molecule has 1 N–H and O–H groups in total. The van der Waals surface area contributed by atoms with E-state index in [0.717, 1.165) is 0 Å². The molecule has 0 saturated heterocycles. The third-order valence-electron chi connectivity index (χ3n) is 4.03. The number of rotatable bonds is 5. The molecule has 0 bridgehead atoms. The first-order valence-corrected chi connectivity index (χ1v) is 9.66. The van der Waals surface area contributed by atoms with Crippen molar-refractivity contribution < 1.29 is 14.6 Å². The summed E-state index contributed by atoms with van der Waals surface area (Å²) in [5, 5.41) is 9.28. The van der Waals surface area contributed by atoms with Crippen molar-refractivity contribution in [1.82, 2.24) is 0 Å². The fraction of sp³-hybridized carbons (Fsp3) is 0.240. The van der Waals surface area contributed by atoms with Crippen LogP contribution in [0.15, 0.2) is 72.8 Å². The first kappa shape index (κ1) is 21.2. The monoisotopic (exact) mass is 376 g/mol. The van der Waals surface area contributed by atoms with Crippen molar-refractivity contribution in [3.63, 3.8) is 0 Å². The van der Waals surface area contributed by atoms with Gasteiger partial charge in [-0.2, -0.15) is 0 Å². The lowest BCUT2D eigenvalue weighted by Gasteiger charge is -2.08. The van der Waals surface area contributed by atoms with Gasteiger partial charge in [0.2, 0.25) is 0 Å². The first-order chi connectivity index (χ1) is 13.4. The molecule has 0 saturated carbocycles. The molecule has 0 aliphatic heterocycles. The van der Waals surface area contributed by atoms with Gasteiger partial charge in [-0.1, -0.05) is 58.4 Å². The van der Waals surface area contributed by atoms with Gasteiger partial charge in [0.1, 0.15) is 17.2 Å². The van der Waals surface area contributed by atoms with Gasteiger partial charge in [0.05, 0.1) is 0 Å². The van der Waals surface area contributed by atoms with Gasteiger partial charge in [-0.05, 0) is 60.0 Å². The molecule has 0 amide bonds. The molecule has 28 heavy (non-hydrogen) atoms. The van der Waals surface area contributed by atoms with Crippen LogP contribution in [0.3, 0.4) is 0 Å². The second kappa shape index (κ2) is 10.3. The Morgan fingerprint density at radius 3 is 1.61 bits per heavy atom. The number of carbonyl (C=O) groups excluding carboxylic acids is 1. The van der Waals surface area contributed by atoms with E-state index in [4.69, 9.17) is 4.74 Å². The number of hydrogen-bond donors (Lipinski definition) is 1. The highest BCUT2D eigenvalue weighted by Gasteiger charge is 2.10. The zero-order valence-electron chi connectivity index (χ0n) is 17.0. The lowest BCUT2D eigenvalue weighted by atomic mass is 9.98. The second-order valence-corrected chi connectivity index (χ2v) is 6.93. The highest BCUT2D eigenvalue weighted by atomic mass is 16.5. The van der Waals surface area contributed by atoms with Crippen molar-refractivity contribution in [1.29, 1.82) is 0 Å². The minimum absolute atomic E-state index is 0.00788. The Kier molecular flexibility index (Phi) is 7.82. The molecule has 3 heteroatoms. The van der Waals surface area contributed by atoms with Crippen molar-refractivity contribution in [3.05, 3.63) is 89.5 Å². The van der Waals surface area contributed by atoms with Gasteiger partial charge in [0.15, 0.2) is 5.78 Å². The first-order valence-electron chi connectivity index (χ1n) is 9.66. The summed E-state index contributed by atoms with van der Waals surface area (Å²) in [5.74, 6) is 1.89. The summed E-state index contributed by atoms with van der Waals surface area (Å²) in [7, 11) is 0. The van der Waals surface area contributed by atoms with Gasteiger partial charge in [-0.25, -0.2) is 0 Å². The van der Waals surface area contributed by atoms with Crippen molar-refractivity contribution in [2.24, 2.45) is 0 Å². The largest absolute Gasteiger partial charge is 0.508 e. The summed E-state index contributed by atoms with van der Waals surface area (Å²) in [5.41, 5.74) is 2.51. The highest BCUT2D eigenvalue weighted by molar-refractivity contribution is 6.09. The summed E-state index contributed by atoms with van der Waals surface area (Å²) in [6.45, 7) is 8.51. The molecule has 3 aromatic carbocycles. The molecule has 3 nitrogen and oxygen atoms in total. The van der Waals surface area contributed by atoms with Gasteiger partial charge in [0, 0.05) is 11.1 Å². The van der Waals surface area contributed by atoms with E-state index in [1.165, 1.54) is 12.0 Å². The molecule has 0 radical (unpaired) electrons. The van der Waals surface area contributed by atoms with Crippen molar-refractivity contribution in [2.45, 2.75) is 40.0 Å². The quantitative estimate of drug-likeness (QED) is 0.490. The topological polar surface area (TPSA) is 46.5 Å². The third-order valence-corrected chi connectivity index (χ3v) is 4.03. The summed E-state index contributed by atoms with van der Waals surface area (Å²) in [6, 6.07) is 21.3. The SMILES string of the molecule is CC(C)c1ccc(C(=O)c2ccc(Oc3ccc(O)cc3)cc2)cc1.CCC. The Balaban J connectivity index is 0.000000878. The lowest BCUT2D eigenvalue weighted by molar-refractivity contribution is 0.103. The molecule has 0 atom stereocenters. The van der Waals surface area contributed by atoms with Crippen molar-refractivity contribution in [3.8, 4) is 17.2 Å². The number of ketones is 1. The molecule has 0 unspecified atom stereocenters. The van der Waals surface area contributed by atoms with Crippen LogP contribution in [0, 0.1) is 0 Å². The molecule has 0 heterocycles. The van der Waals surface area contributed by atoms with Crippen molar-refractivity contribution in [2.75, 3.05) is 0 Å². The maximum absolute atomic E-state index is 12.6. The van der Waals surface area contributed by atoms with E-state index in [1.807, 2.05) is 24.3 Å². The van der Waals surface area contributed by atoms with E-state index >= 15 is 0 Å². The maximum atomic E-state index is 12.6. The zero-order valence-corrected chi connectivity index (χ0v) is 17.0. The van der Waals surface area contributed by atoms with Crippen LogP contribution in [0.1, 0.15) is 61.5 Å². The normalized spacial score (nSPS) is 10.2. The summed E-state index contributed by atoms with van der Waals surface area (Å²) >= 11 is 0. The molecule has 3 rings (SSSR count). The van der Waals surface area contributed by atoms with Gasteiger partial charge in [-0.3, -0.25) is 4.79 Å². The highest BCUT2D eigenvalue weighted by Crippen LogP contribution is 2.24. The third kappa shape index (κ3) is 5.98. The van der Waals surface area contributed by atoms with E-state index in [-0.39, 0.29) is 11.5 Å². The number of hydrogen-bond acceptors (Lipinski definition) is 3. The zero-order chi connectivity index (χ0) is 20.5. The predicted octanol–water partition coefficient (Wildman–Crippen LogP) is 6.96. The average Bonchev–Trinajstić information content (AvgIpc) is 2.70. The second-order valence-electron chi connectivity index (χ2n) is 6.93. The van der Waals surface area contributed by atoms with Crippen LogP contribution >= 0.6 is 0 Å². The minimum Gasteiger partial charge on any atom is -0.508 e. The lowest BCUT2D eigenvalue weighted by Crippen LogP contribution is -2.01. The minimum atomic E-state index is -0.00788. The standard InChI is InChI=1S/C22H20O3.C3H8/c1-15(2)16-3-5-17(6-4-16)22(24)18-7-11-20(12-8-18)25-21-13-9-19(23)10-14-21;1-3-2/h3-15,23H,1-2H3;3H2,1-2H3. The van der Waals surface area contributed by atoms with Gasteiger partial charge in [0.25, 0.3) is 0 Å². The molecule has 3 aromatic rings. The Morgan fingerprint density at radius 2 is 1.18 bits per heavy atom. The van der Waals surface area contributed by atoms with Crippen LogP contribution in [-0.2, 0) is 0 Å². The Bertz CT molecular complexity index is 861. The van der Waals surface area contributed by atoms with E-state index < -0.39 is 0 Å². The molecule has 146 valence electrons. The predicted molar refractivity (Wildman–Crippen MR) is 115 cm³/mol. The number of phenols is 1. The molecule has 0 aliphatic carbocycles. The van der Waals surface area contributed by atoms with Crippen molar-refractivity contribution >= 4 is 5.78 Å². The Labute approximate surface area is 167 Å². The number of carbonyl (C=O) groups is 1. The molecule has 0 aromatic heterocycles. The summed E-state index contributed by atoms with van der Waals surface area (Å²) in [6.07, 6.45) is 1.25. The molecule has 0 fully saturated rings. The summed E-state index contributed by atoms with van der Waals surface area (Å²) in [4.78, 5) is 12.6. The fourth-order valence-corrected chi connectivity index (χ4v) is 2.51. The molecule has 0 aliphatic rings. The van der Waals surface area contributed by atoms with Crippen LogP contribution in [-0.4, -0.2) is 10.9 Å². The smallest absolute Gasteiger partial charge is 0.193 e. The summed E-state index contributed by atoms with van der Waals surface area (Å²) < 4.78 is 5.69. The number of benzene rings is 3. The number of aromatic hydroxyl groups is 1. The Morgan fingerprint density at radius 1 is 0.786 bits per heavy atom. The Hall–Kier alpha value is -3.07. The van der Waals surface area contributed by atoms with Crippen LogP contribution in [0.4, 0.5) is 0 Å². The average molecular weight is 376 g/mol. The van der Waals surface area contributed by atoms with Gasteiger partial charge >= 0.3 is 0 Å². The fourth-order valence-electron chi connectivity index (χ4n) is 2.51. The van der Waals surface area contributed by atoms with E-state index in [2.05, 4.69) is 27.7 Å². The van der Waals surface area contributed by atoms with Crippen LogP contribution in [0.5, 0.6) is 17.2 Å². The van der Waals surface area contributed by atoms with E-state index in [1.54, 1.807) is 48.5 Å². The van der Waals surface area contributed by atoms with Gasteiger partial charge in [-0.15, -0.1) is 0 Å². The van der Waals surface area contributed by atoms with Crippen LogP contribution < -0.4 is 4.74 Å². The molecular weight excluding hydrogens is 348 g/mol. The number of phenolic OH excluding ortho intramolecular Hbond substituents is 1. The number of ether oxygens (including phenoxy) is 1. The molecule has 0 spiro atoms. The van der Waals surface area contributed by atoms with E-state index in [0.29, 0.717) is 28.5 Å². The molecular formula is C25H28O3. The van der Waals surface area contributed by atoms with Gasteiger partial charge < -0.3 is 9.84 Å². The van der Waals surface area contributed by atoms with Crippen LogP contribution in [0.2, 0.25) is 0 Å². The van der Waals surface area contributed by atoms with E-state index in [9.17, 15) is 9.90 Å².